The minimum Gasteiger partial charge on any atom is -0.611 e. The molecule has 1 saturated heterocycles. The predicted octanol–water partition coefficient (Wildman–Crippen LogP) is 4.34. The van der Waals surface area contributed by atoms with E-state index in [4.69, 9.17) is 0 Å². The topological polar surface area (TPSA) is 83.9 Å². The van der Waals surface area contributed by atoms with Gasteiger partial charge in [0, 0.05) is 25.3 Å². The van der Waals surface area contributed by atoms with Crippen molar-refractivity contribution in [1.29, 1.82) is 0 Å². The van der Waals surface area contributed by atoms with Gasteiger partial charge < -0.3 is 14.6 Å². The van der Waals surface area contributed by atoms with Crippen LogP contribution in [0.5, 0.6) is 0 Å². The average molecular weight is 577 g/mol. The lowest BCUT2D eigenvalue weighted by Gasteiger charge is -2.41. The Labute approximate surface area is 219 Å². The molecule has 1 aromatic heterocycles. The molecule has 2 aromatic carbocycles. The molecule has 37 heavy (non-hydrogen) atoms. The summed E-state index contributed by atoms with van der Waals surface area (Å²) in [5.74, 6) is -0.479. The number of hydrogen-bond donors (Lipinski definition) is 1. The van der Waals surface area contributed by atoms with Crippen LogP contribution in [-0.2, 0) is 26.8 Å². The number of benzene rings is 2. The van der Waals surface area contributed by atoms with Gasteiger partial charge in [-0.05, 0) is 71.5 Å². The zero-order chi connectivity index (χ0) is 27.0. The molecule has 13 heteroatoms. The number of hydrogen-bond acceptors (Lipinski definition) is 6. The largest absolute Gasteiger partial charge is 0.611 e. The van der Waals surface area contributed by atoms with Crippen LogP contribution in [-0.4, -0.2) is 60.0 Å². The number of aliphatic hydroxyl groups is 1. The second kappa shape index (κ2) is 10.5. The van der Waals surface area contributed by atoms with Crippen LogP contribution in [0.15, 0.2) is 75.1 Å². The van der Waals surface area contributed by atoms with E-state index in [9.17, 15) is 35.6 Å². The van der Waals surface area contributed by atoms with E-state index in [1.165, 1.54) is 58.9 Å². The smallest absolute Gasteiger partial charge is 0.421 e. The first-order valence-corrected chi connectivity index (χ1v) is 14.8. The maximum absolute atomic E-state index is 13.3. The molecule has 0 radical (unpaired) electrons. The van der Waals surface area contributed by atoms with Crippen LogP contribution >= 0.6 is 11.3 Å². The highest BCUT2D eigenvalue weighted by molar-refractivity contribution is 7.91. The monoisotopic (exact) mass is 576 g/mol. The SMILES string of the molecule is C[C@](O)(c1ccc(N2CCN(S(=O)(=O)c3cccs3)C[C@@H]2C[S+]([O-])c2ccc(F)cc2)cc1)C(F)(F)F. The van der Waals surface area contributed by atoms with Gasteiger partial charge in [0.1, 0.15) is 15.8 Å². The van der Waals surface area contributed by atoms with Crippen LogP contribution in [0, 0.1) is 5.82 Å². The van der Waals surface area contributed by atoms with Gasteiger partial charge in [0.25, 0.3) is 10.0 Å². The summed E-state index contributed by atoms with van der Waals surface area (Å²) in [6.45, 7) is 0.979. The van der Waals surface area contributed by atoms with Gasteiger partial charge in [0.2, 0.25) is 0 Å². The Kier molecular flexibility index (Phi) is 7.94. The Hall–Kier alpha value is -2.16. The highest BCUT2D eigenvalue weighted by Gasteiger charge is 2.51. The normalized spacial score (nSPS) is 20.0. The first-order chi connectivity index (χ1) is 17.3. The number of piperazine rings is 1. The van der Waals surface area contributed by atoms with Crippen LogP contribution in [0.25, 0.3) is 0 Å². The van der Waals surface area contributed by atoms with E-state index in [1.807, 2.05) is 0 Å². The van der Waals surface area contributed by atoms with Gasteiger partial charge in [-0.3, -0.25) is 0 Å². The molecule has 1 aliphatic rings. The molecule has 2 heterocycles. The van der Waals surface area contributed by atoms with E-state index < -0.39 is 44.8 Å². The first kappa shape index (κ1) is 27.9. The highest BCUT2D eigenvalue weighted by atomic mass is 32.2. The number of nitrogens with zero attached hydrogens (tertiary/aromatic N) is 2. The summed E-state index contributed by atoms with van der Waals surface area (Å²) in [4.78, 5) is 2.17. The van der Waals surface area contributed by atoms with Crippen molar-refractivity contribution in [3.05, 3.63) is 77.4 Å². The molecule has 1 fully saturated rings. The molecule has 1 unspecified atom stereocenters. The van der Waals surface area contributed by atoms with Crippen molar-refractivity contribution in [2.45, 2.75) is 33.8 Å². The lowest BCUT2D eigenvalue weighted by Crippen LogP contribution is -2.57. The molecule has 0 aliphatic carbocycles. The predicted molar refractivity (Wildman–Crippen MR) is 134 cm³/mol. The van der Waals surface area contributed by atoms with Gasteiger partial charge >= 0.3 is 6.18 Å². The molecule has 6 nitrogen and oxygen atoms in total. The number of thiophene rings is 1. The molecular formula is C24H24F4N2O4S3. The number of sulfonamides is 1. The van der Waals surface area contributed by atoms with Gasteiger partial charge in [-0.15, -0.1) is 11.3 Å². The summed E-state index contributed by atoms with van der Waals surface area (Å²) in [5.41, 5.74) is -2.88. The molecule has 3 aromatic rings. The summed E-state index contributed by atoms with van der Waals surface area (Å²) in [6, 6.07) is 12.9. The minimum absolute atomic E-state index is 0.00408. The van der Waals surface area contributed by atoms with Gasteiger partial charge in [0.05, 0.1) is 6.04 Å². The summed E-state index contributed by atoms with van der Waals surface area (Å²) < 4.78 is 94.0. The Balaban J connectivity index is 1.62. The molecule has 4 rings (SSSR count). The second-order valence-corrected chi connectivity index (χ2v) is 13.3. The fourth-order valence-electron chi connectivity index (χ4n) is 4.06. The number of alkyl halides is 3. The lowest BCUT2D eigenvalue weighted by atomic mass is 9.95. The third kappa shape index (κ3) is 5.81. The van der Waals surface area contributed by atoms with Crippen molar-refractivity contribution in [3.8, 4) is 0 Å². The Morgan fingerprint density at radius 1 is 1.08 bits per heavy atom. The fourth-order valence-corrected chi connectivity index (χ4v) is 7.94. The molecule has 0 saturated carbocycles. The zero-order valence-corrected chi connectivity index (χ0v) is 22.0. The fraction of sp³-hybridized carbons (Fsp3) is 0.333. The van der Waals surface area contributed by atoms with Crippen LogP contribution in [0.3, 0.4) is 0 Å². The highest BCUT2D eigenvalue weighted by Crippen LogP contribution is 2.39. The van der Waals surface area contributed by atoms with Gasteiger partial charge in [0.15, 0.2) is 10.5 Å². The Morgan fingerprint density at radius 3 is 2.30 bits per heavy atom. The van der Waals surface area contributed by atoms with E-state index in [0.717, 1.165) is 11.3 Å². The van der Waals surface area contributed by atoms with Crippen molar-refractivity contribution in [3.63, 3.8) is 0 Å². The van der Waals surface area contributed by atoms with Gasteiger partial charge in [-0.25, -0.2) is 12.8 Å². The summed E-state index contributed by atoms with van der Waals surface area (Å²) >= 11 is -0.523. The third-order valence-corrected chi connectivity index (χ3v) is 11.0. The number of halogens is 4. The van der Waals surface area contributed by atoms with Crippen molar-refractivity contribution >= 4 is 38.2 Å². The molecular weight excluding hydrogens is 552 g/mol. The molecule has 200 valence electrons. The standard InChI is InChI=1S/C24H24F4N2O4S3/c1-23(31,24(26,27)28)17-4-8-19(9-5-17)30-13-12-29(37(33,34)22-3-2-14-35-22)15-20(30)16-36(32)21-10-6-18(25)7-11-21/h2-11,14,20,31H,12-13,15-16H2,1H3/t20-,23+,36?/m1/s1. The van der Waals surface area contributed by atoms with E-state index >= 15 is 0 Å². The van der Waals surface area contributed by atoms with Crippen molar-refractivity contribution < 1.29 is 35.6 Å². The van der Waals surface area contributed by atoms with Crippen LogP contribution < -0.4 is 4.90 Å². The van der Waals surface area contributed by atoms with E-state index in [2.05, 4.69) is 0 Å². The quantitative estimate of drug-likeness (QED) is 0.334. The first-order valence-electron chi connectivity index (χ1n) is 11.1. The molecule has 1 N–H and O–H groups in total. The Bertz CT molecular complexity index is 1300. The number of anilines is 1. The maximum atomic E-state index is 13.3. The van der Waals surface area contributed by atoms with E-state index in [1.54, 1.807) is 16.3 Å². The summed E-state index contributed by atoms with van der Waals surface area (Å²) in [6.07, 6.45) is -4.87. The summed E-state index contributed by atoms with van der Waals surface area (Å²) in [7, 11) is -3.79. The minimum atomic E-state index is -4.87. The van der Waals surface area contributed by atoms with Crippen LogP contribution in [0.1, 0.15) is 12.5 Å². The van der Waals surface area contributed by atoms with Gasteiger partial charge in [-0.2, -0.15) is 17.5 Å². The zero-order valence-electron chi connectivity index (χ0n) is 19.6. The second-order valence-electron chi connectivity index (χ2n) is 8.73. The Morgan fingerprint density at radius 2 is 1.73 bits per heavy atom. The van der Waals surface area contributed by atoms with Gasteiger partial charge in [-0.1, -0.05) is 18.2 Å². The molecule has 3 atom stereocenters. The maximum Gasteiger partial charge on any atom is 0.421 e. The number of rotatable bonds is 7. The van der Waals surface area contributed by atoms with Crippen molar-refractivity contribution in [1.82, 2.24) is 4.31 Å². The molecule has 1 aliphatic heterocycles. The van der Waals surface area contributed by atoms with E-state index in [-0.39, 0.29) is 35.2 Å². The van der Waals surface area contributed by atoms with Crippen LogP contribution in [0.4, 0.5) is 23.2 Å². The van der Waals surface area contributed by atoms with Crippen molar-refractivity contribution in [2.24, 2.45) is 0 Å². The molecule has 0 spiro atoms. The third-order valence-electron chi connectivity index (χ3n) is 6.27. The lowest BCUT2D eigenvalue weighted by molar-refractivity contribution is -0.258. The molecule has 0 amide bonds. The van der Waals surface area contributed by atoms with Crippen molar-refractivity contribution in [2.75, 3.05) is 30.3 Å². The average Bonchev–Trinajstić information content (AvgIpc) is 3.40. The summed E-state index contributed by atoms with van der Waals surface area (Å²) in [5, 5.41) is 11.6. The van der Waals surface area contributed by atoms with E-state index in [0.29, 0.717) is 17.5 Å². The molecule has 0 bridgehead atoms. The van der Waals surface area contributed by atoms with Crippen LogP contribution in [0.2, 0.25) is 0 Å².